The second kappa shape index (κ2) is 6.51. The molecule has 0 atom stereocenters. The number of ether oxygens (including phenoxy) is 1. The van der Waals surface area contributed by atoms with Gasteiger partial charge in [0.1, 0.15) is 12.0 Å². The van der Waals surface area contributed by atoms with E-state index in [-0.39, 0.29) is 17.6 Å². The van der Waals surface area contributed by atoms with Crippen molar-refractivity contribution >= 4 is 5.91 Å². The fourth-order valence-electron chi connectivity index (χ4n) is 2.82. The van der Waals surface area contributed by atoms with Crippen LogP contribution in [0.15, 0.2) is 27.3 Å². The number of halogens is 3. The van der Waals surface area contributed by atoms with Crippen LogP contribution in [0, 0.1) is 0 Å². The zero-order valence-electron chi connectivity index (χ0n) is 13.4. The normalized spacial score (nSPS) is 17.7. The van der Waals surface area contributed by atoms with Gasteiger partial charge in [-0.05, 0) is 12.1 Å². The summed E-state index contributed by atoms with van der Waals surface area (Å²) < 4.78 is 52.9. The van der Waals surface area contributed by atoms with E-state index in [9.17, 15) is 18.0 Å². The van der Waals surface area contributed by atoms with E-state index in [1.807, 2.05) is 0 Å². The number of carbonyl (C=O) groups is 1. The van der Waals surface area contributed by atoms with Gasteiger partial charge in [-0.3, -0.25) is 4.79 Å². The smallest absolute Gasteiger partial charge is 0.396 e. The third-order valence-corrected chi connectivity index (χ3v) is 4.20. The number of alkyl halides is 3. The zero-order chi connectivity index (χ0) is 18.1. The average molecular weight is 359 g/mol. The number of hydrogen-bond acceptors (Lipinski definition) is 6. The van der Waals surface area contributed by atoms with Gasteiger partial charge in [0.25, 0.3) is 11.8 Å². The summed E-state index contributed by atoms with van der Waals surface area (Å²) in [4.78, 5) is 17.7. The summed E-state index contributed by atoms with van der Waals surface area (Å²) in [6, 6.07) is 3.19. The van der Waals surface area contributed by atoms with Crippen LogP contribution < -0.4 is 0 Å². The third-order valence-electron chi connectivity index (χ3n) is 4.20. The number of carbonyl (C=O) groups excluding carboxylic acids is 1. The molecule has 1 saturated heterocycles. The molecule has 0 unspecified atom stereocenters. The number of amides is 1. The molecule has 0 saturated carbocycles. The van der Waals surface area contributed by atoms with Gasteiger partial charge in [0.15, 0.2) is 11.6 Å². The van der Waals surface area contributed by atoms with Crippen molar-refractivity contribution < 1.29 is 31.6 Å². The van der Waals surface area contributed by atoms with Crippen molar-refractivity contribution in [3.05, 3.63) is 35.9 Å². The van der Waals surface area contributed by atoms with Gasteiger partial charge in [-0.2, -0.15) is 18.2 Å². The van der Waals surface area contributed by atoms with E-state index >= 15 is 0 Å². The molecule has 0 aliphatic carbocycles. The van der Waals surface area contributed by atoms with Gasteiger partial charge in [-0.25, -0.2) is 0 Å². The van der Waals surface area contributed by atoms with Crippen LogP contribution >= 0.6 is 0 Å². The molecule has 10 heteroatoms. The van der Waals surface area contributed by atoms with E-state index in [4.69, 9.17) is 13.7 Å². The maximum absolute atomic E-state index is 12.4. The van der Waals surface area contributed by atoms with E-state index < -0.39 is 24.0 Å². The fraction of sp³-hybridized carbons (Fsp3) is 0.533. The van der Waals surface area contributed by atoms with Crippen LogP contribution in [0.1, 0.15) is 35.1 Å². The van der Waals surface area contributed by atoms with Crippen molar-refractivity contribution in [1.29, 1.82) is 0 Å². The van der Waals surface area contributed by atoms with Gasteiger partial charge in [0, 0.05) is 33.0 Å². The van der Waals surface area contributed by atoms with Gasteiger partial charge in [0.2, 0.25) is 0 Å². The van der Waals surface area contributed by atoms with Crippen LogP contribution in [0.5, 0.6) is 0 Å². The molecule has 2 aromatic heterocycles. The Balaban J connectivity index is 1.70. The Bertz CT molecular complexity index is 719. The lowest BCUT2D eigenvalue weighted by Crippen LogP contribution is -2.46. The topological polar surface area (TPSA) is 81.6 Å². The number of piperidine rings is 1. The molecule has 3 heterocycles. The van der Waals surface area contributed by atoms with E-state index in [1.54, 1.807) is 17.0 Å². The number of methoxy groups -OCH3 is 1. The van der Waals surface area contributed by atoms with E-state index in [0.717, 1.165) is 0 Å². The summed E-state index contributed by atoms with van der Waals surface area (Å²) in [5, 5.41) is 3.38. The SMILES string of the molecule is COC1(c2nc(CC(F)(F)F)no2)CCN(C(=O)c2ccco2)CC1. The molecule has 0 aromatic carbocycles. The first-order chi connectivity index (χ1) is 11.8. The second-order valence-corrected chi connectivity index (χ2v) is 5.78. The van der Waals surface area contributed by atoms with Crippen LogP contribution in [0.4, 0.5) is 13.2 Å². The van der Waals surface area contributed by atoms with Crippen molar-refractivity contribution in [3.8, 4) is 0 Å². The monoisotopic (exact) mass is 359 g/mol. The molecule has 1 fully saturated rings. The Labute approximate surface area is 140 Å². The number of aromatic nitrogens is 2. The highest BCUT2D eigenvalue weighted by atomic mass is 19.4. The van der Waals surface area contributed by atoms with Gasteiger partial charge in [-0.15, -0.1) is 0 Å². The zero-order valence-corrected chi connectivity index (χ0v) is 13.4. The Morgan fingerprint density at radius 2 is 2.12 bits per heavy atom. The van der Waals surface area contributed by atoms with Crippen molar-refractivity contribution in [2.75, 3.05) is 20.2 Å². The molecule has 2 aromatic rings. The van der Waals surface area contributed by atoms with Crippen molar-refractivity contribution in [1.82, 2.24) is 15.0 Å². The highest BCUT2D eigenvalue weighted by molar-refractivity contribution is 5.91. The van der Waals surface area contributed by atoms with Gasteiger partial charge >= 0.3 is 6.18 Å². The maximum Gasteiger partial charge on any atom is 0.396 e. The van der Waals surface area contributed by atoms with E-state index in [1.165, 1.54) is 13.4 Å². The first kappa shape index (κ1) is 17.5. The Hall–Kier alpha value is -2.36. The quantitative estimate of drug-likeness (QED) is 0.834. The molecule has 3 rings (SSSR count). The fourth-order valence-corrected chi connectivity index (χ4v) is 2.82. The van der Waals surface area contributed by atoms with E-state index in [0.29, 0.717) is 25.9 Å². The number of rotatable bonds is 4. The molecule has 136 valence electrons. The number of furan rings is 1. The Morgan fingerprint density at radius 3 is 2.68 bits per heavy atom. The second-order valence-electron chi connectivity index (χ2n) is 5.78. The largest absolute Gasteiger partial charge is 0.459 e. The van der Waals surface area contributed by atoms with Gasteiger partial charge in [0.05, 0.1) is 6.26 Å². The van der Waals surface area contributed by atoms with Gasteiger partial charge in [-0.1, -0.05) is 5.16 Å². The molecule has 0 spiro atoms. The van der Waals surface area contributed by atoms with Crippen LogP contribution in [0.3, 0.4) is 0 Å². The molecule has 1 aliphatic rings. The Morgan fingerprint density at radius 1 is 1.40 bits per heavy atom. The van der Waals surface area contributed by atoms with Gasteiger partial charge < -0.3 is 18.6 Å². The van der Waals surface area contributed by atoms with Crippen LogP contribution in [0.2, 0.25) is 0 Å². The van der Waals surface area contributed by atoms with Crippen LogP contribution in [0.25, 0.3) is 0 Å². The highest BCUT2D eigenvalue weighted by Gasteiger charge is 2.43. The maximum atomic E-state index is 12.4. The molecule has 25 heavy (non-hydrogen) atoms. The first-order valence-corrected chi connectivity index (χ1v) is 7.61. The number of likely N-dealkylation sites (tertiary alicyclic amines) is 1. The highest BCUT2D eigenvalue weighted by Crippen LogP contribution is 2.36. The first-order valence-electron chi connectivity index (χ1n) is 7.61. The minimum atomic E-state index is -4.42. The lowest BCUT2D eigenvalue weighted by atomic mass is 9.90. The minimum Gasteiger partial charge on any atom is -0.459 e. The summed E-state index contributed by atoms with van der Waals surface area (Å²) in [7, 11) is 1.43. The van der Waals surface area contributed by atoms with Crippen LogP contribution in [-0.2, 0) is 16.8 Å². The predicted molar refractivity (Wildman–Crippen MR) is 76.6 cm³/mol. The molecule has 1 amide bonds. The number of hydrogen-bond donors (Lipinski definition) is 0. The molecule has 0 radical (unpaired) electrons. The van der Waals surface area contributed by atoms with E-state index in [2.05, 4.69) is 10.1 Å². The van der Waals surface area contributed by atoms with Crippen molar-refractivity contribution in [3.63, 3.8) is 0 Å². The summed E-state index contributed by atoms with van der Waals surface area (Å²) in [6.07, 6.45) is -3.62. The average Bonchev–Trinajstić information content (AvgIpc) is 3.25. The minimum absolute atomic E-state index is 0.000604. The lowest BCUT2D eigenvalue weighted by molar-refractivity contribution is -0.128. The summed E-state index contributed by atoms with van der Waals surface area (Å²) >= 11 is 0. The van der Waals surface area contributed by atoms with Crippen molar-refractivity contribution in [2.45, 2.75) is 31.0 Å². The summed E-state index contributed by atoms with van der Waals surface area (Å²) in [5.41, 5.74) is -1.00. The van der Waals surface area contributed by atoms with Crippen molar-refractivity contribution in [2.24, 2.45) is 0 Å². The number of nitrogens with zero attached hydrogens (tertiary/aromatic N) is 3. The molecule has 1 aliphatic heterocycles. The lowest BCUT2D eigenvalue weighted by Gasteiger charge is -2.37. The Kier molecular flexibility index (Phi) is 4.55. The van der Waals surface area contributed by atoms with Crippen LogP contribution in [-0.4, -0.2) is 47.3 Å². The molecule has 0 N–H and O–H groups in total. The molecule has 0 bridgehead atoms. The molecular formula is C15H16F3N3O4. The predicted octanol–water partition coefficient (Wildman–Crippen LogP) is 2.55. The third kappa shape index (κ3) is 3.68. The molecule has 7 nitrogen and oxygen atoms in total. The molecular weight excluding hydrogens is 343 g/mol. The standard InChI is InChI=1S/C15H16F3N3O4/c1-23-14(13-19-11(20-25-13)9-15(16,17)18)4-6-21(7-5-14)12(22)10-3-2-8-24-10/h2-3,8H,4-7,9H2,1H3. The summed E-state index contributed by atoms with van der Waals surface area (Å²) in [5.74, 6) is -0.458. The summed E-state index contributed by atoms with van der Waals surface area (Å²) in [6.45, 7) is 0.648.